The van der Waals surface area contributed by atoms with E-state index in [1.54, 1.807) is 19.2 Å². The van der Waals surface area contributed by atoms with Crippen LogP contribution in [0, 0.1) is 0 Å². The third-order valence-electron chi connectivity index (χ3n) is 4.93. The van der Waals surface area contributed by atoms with E-state index in [2.05, 4.69) is 10.1 Å². The van der Waals surface area contributed by atoms with Crippen LogP contribution in [0.4, 0.5) is 0 Å². The van der Waals surface area contributed by atoms with Crippen LogP contribution in [-0.4, -0.2) is 38.4 Å². The molecule has 3 rings (SSSR count). The maximum atomic E-state index is 12.4. The number of rotatable bonds is 6. The number of H-pyrrole nitrogens is 1. The number of unbranched alkanes of at least 4 members (excludes halogenated alkanes) is 1. The van der Waals surface area contributed by atoms with Gasteiger partial charge in [-0.25, -0.2) is 9.80 Å². The lowest BCUT2D eigenvalue weighted by Gasteiger charge is -2.20. The van der Waals surface area contributed by atoms with E-state index in [1.807, 2.05) is 19.1 Å². The van der Waals surface area contributed by atoms with Gasteiger partial charge in [-0.05, 0) is 24.1 Å². The Morgan fingerprint density at radius 1 is 1.31 bits per heavy atom. The molecule has 0 radical (unpaired) electrons. The summed E-state index contributed by atoms with van der Waals surface area (Å²) in [6.07, 6.45) is 1.72. The van der Waals surface area contributed by atoms with Crippen molar-refractivity contribution in [3.05, 3.63) is 56.2 Å². The Balaban J connectivity index is 2.03. The average Bonchev–Trinajstić information content (AvgIpc) is 3.13. The SMILES string of the molecule is CCCCn1c(O)c(C2=NN(C(C)=O)[C@H](c3ccc(OC)cc3)C2)c(=O)[nH]c1=O. The Morgan fingerprint density at radius 2 is 2.00 bits per heavy atom. The van der Waals surface area contributed by atoms with Crippen LogP contribution in [-0.2, 0) is 11.3 Å². The number of benzene rings is 1. The van der Waals surface area contributed by atoms with Crippen molar-refractivity contribution in [3.63, 3.8) is 0 Å². The molecule has 0 saturated carbocycles. The van der Waals surface area contributed by atoms with Gasteiger partial charge in [-0.15, -0.1) is 0 Å². The number of hydrogen-bond donors (Lipinski definition) is 2. The minimum absolute atomic E-state index is 0.0806. The van der Waals surface area contributed by atoms with E-state index < -0.39 is 23.2 Å². The summed E-state index contributed by atoms with van der Waals surface area (Å²) in [5, 5.41) is 16.2. The van der Waals surface area contributed by atoms with Gasteiger partial charge in [0.2, 0.25) is 11.8 Å². The molecule has 1 aliphatic rings. The zero-order valence-corrected chi connectivity index (χ0v) is 16.6. The van der Waals surface area contributed by atoms with Crippen molar-refractivity contribution in [2.45, 2.75) is 45.7 Å². The number of carbonyl (C=O) groups is 1. The van der Waals surface area contributed by atoms with Crippen molar-refractivity contribution in [1.82, 2.24) is 14.6 Å². The van der Waals surface area contributed by atoms with Crippen molar-refractivity contribution in [3.8, 4) is 11.6 Å². The molecule has 1 atom stereocenters. The number of aromatic hydroxyl groups is 1. The second-order valence-corrected chi connectivity index (χ2v) is 6.87. The van der Waals surface area contributed by atoms with Gasteiger partial charge in [0.1, 0.15) is 11.3 Å². The highest BCUT2D eigenvalue weighted by atomic mass is 16.5. The molecule has 1 aromatic carbocycles. The van der Waals surface area contributed by atoms with Crippen LogP contribution in [0.25, 0.3) is 0 Å². The maximum absolute atomic E-state index is 12.4. The molecule has 0 fully saturated rings. The van der Waals surface area contributed by atoms with Crippen molar-refractivity contribution in [2.24, 2.45) is 5.10 Å². The first-order valence-electron chi connectivity index (χ1n) is 9.45. The second kappa shape index (κ2) is 8.34. The summed E-state index contributed by atoms with van der Waals surface area (Å²) < 4.78 is 6.29. The van der Waals surface area contributed by atoms with Gasteiger partial charge in [0.25, 0.3) is 5.56 Å². The van der Waals surface area contributed by atoms with Gasteiger partial charge in [0, 0.05) is 19.9 Å². The van der Waals surface area contributed by atoms with Crippen molar-refractivity contribution in [2.75, 3.05) is 7.11 Å². The molecule has 2 N–H and O–H groups in total. The molecule has 0 saturated heterocycles. The number of nitrogens with zero attached hydrogens (tertiary/aromatic N) is 3. The molecular formula is C20H24N4O5. The van der Waals surface area contributed by atoms with E-state index in [0.29, 0.717) is 12.2 Å². The lowest BCUT2D eigenvalue weighted by atomic mass is 9.99. The smallest absolute Gasteiger partial charge is 0.331 e. The van der Waals surface area contributed by atoms with Crippen LogP contribution in [0.2, 0.25) is 0 Å². The van der Waals surface area contributed by atoms with Gasteiger partial charge in [-0.1, -0.05) is 25.5 Å². The summed E-state index contributed by atoms with van der Waals surface area (Å²) >= 11 is 0. The van der Waals surface area contributed by atoms with Gasteiger partial charge in [0.05, 0.1) is 18.9 Å². The van der Waals surface area contributed by atoms with Gasteiger partial charge >= 0.3 is 5.69 Å². The minimum Gasteiger partial charge on any atom is -0.497 e. The molecule has 29 heavy (non-hydrogen) atoms. The van der Waals surface area contributed by atoms with Crippen LogP contribution in [0.3, 0.4) is 0 Å². The molecule has 1 amide bonds. The number of hydrogen-bond acceptors (Lipinski definition) is 6. The first-order chi connectivity index (χ1) is 13.9. The number of aromatic nitrogens is 2. The fourth-order valence-corrected chi connectivity index (χ4v) is 3.38. The predicted molar refractivity (Wildman–Crippen MR) is 107 cm³/mol. The summed E-state index contributed by atoms with van der Waals surface area (Å²) in [6, 6.07) is 6.78. The number of carbonyl (C=O) groups excluding carboxylic acids is 1. The van der Waals surface area contributed by atoms with Gasteiger partial charge in [-0.3, -0.25) is 19.1 Å². The highest BCUT2D eigenvalue weighted by Crippen LogP contribution is 2.34. The van der Waals surface area contributed by atoms with Gasteiger partial charge in [0.15, 0.2) is 0 Å². The Hall–Kier alpha value is -3.36. The normalized spacial score (nSPS) is 16.0. The first-order valence-corrected chi connectivity index (χ1v) is 9.45. The lowest BCUT2D eigenvalue weighted by Crippen LogP contribution is -2.33. The molecule has 9 heteroatoms. The molecule has 0 unspecified atom stereocenters. The number of methoxy groups -OCH3 is 1. The minimum atomic E-state index is -0.724. The molecule has 154 valence electrons. The average molecular weight is 400 g/mol. The zero-order chi connectivity index (χ0) is 21.1. The molecular weight excluding hydrogens is 376 g/mol. The molecule has 0 bridgehead atoms. The van der Waals surface area contributed by atoms with Gasteiger partial charge in [-0.2, -0.15) is 5.10 Å². The number of amides is 1. The van der Waals surface area contributed by atoms with Crippen LogP contribution >= 0.6 is 0 Å². The number of nitrogens with one attached hydrogen (secondary N) is 1. The predicted octanol–water partition coefficient (Wildman–Crippen LogP) is 1.75. The molecule has 1 aromatic heterocycles. The van der Waals surface area contributed by atoms with E-state index in [9.17, 15) is 19.5 Å². The number of hydrazone groups is 1. The molecule has 9 nitrogen and oxygen atoms in total. The fraction of sp³-hybridized carbons (Fsp3) is 0.400. The summed E-state index contributed by atoms with van der Waals surface area (Å²) in [5.41, 5.74) is -0.403. The lowest BCUT2D eigenvalue weighted by molar-refractivity contribution is -0.130. The van der Waals surface area contributed by atoms with Crippen molar-refractivity contribution >= 4 is 11.6 Å². The standard InChI is InChI=1S/C20H24N4O5/c1-4-5-10-23-19(27)17(18(26)21-20(23)28)15-11-16(24(22-15)12(2)25)13-6-8-14(29-3)9-7-13/h6-9,16,27H,4-5,10-11H2,1-3H3,(H,21,26,28)/t16-/m0/s1. The second-order valence-electron chi connectivity index (χ2n) is 6.87. The number of aromatic amines is 1. The Bertz CT molecular complexity index is 1050. The molecule has 0 aliphatic carbocycles. The largest absolute Gasteiger partial charge is 0.497 e. The van der Waals surface area contributed by atoms with Crippen molar-refractivity contribution < 1.29 is 14.6 Å². The Labute approximate surface area is 167 Å². The van der Waals surface area contributed by atoms with Gasteiger partial charge < -0.3 is 9.84 Å². The molecule has 2 heterocycles. The first kappa shape index (κ1) is 20.4. The Kier molecular flexibility index (Phi) is 5.86. The quantitative estimate of drug-likeness (QED) is 0.766. The molecule has 1 aliphatic heterocycles. The van der Waals surface area contributed by atoms with E-state index in [4.69, 9.17) is 4.74 Å². The number of ether oxygens (including phenoxy) is 1. The third kappa shape index (κ3) is 3.94. The highest BCUT2D eigenvalue weighted by molar-refractivity contribution is 6.04. The highest BCUT2D eigenvalue weighted by Gasteiger charge is 2.34. The van der Waals surface area contributed by atoms with Crippen LogP contribution in [0.15, 0.2) is 39.0 Å². The van der Waals surface area contributed by atoms with E-state index in [1.165, 1.54) is 11.9 Å². The maximum Gasteiger partial charge on any atom is 0.331 e. The summed E-state index contributed by atoms with van der Waals surface area (Å²) in [4.78, 5) is 38.9. The zero-order valence-electron chi connectivity index (χ0n) is 16.6. The summed E-state index contributed by atoms with van der Waals surface area (Å²) in [5.74, 6) is -0.0415. The van der Waals surface area contributed by atoms with E-state index in [-0.39, 0.29) is 30.1 Å². The van der Waals surface area contributed by atoms with Crippen LogP contribution in [0.1, 0.15) is 50.3 Å². The van der Waals surface area contributed by atoms with Crippen LogP contribution < -0.4 is 16.0 Å². The van der Waals surface area contributed by atoms with Crippen LogP contribution in [0.5, 0.6) is 11.6 Å². The van der Waals surface area contributed by atoms with E-state index in [0.717, 1.165) is 16.6 Å². The third-order valence-corrected chi connectivity index (χ3v) is 4.93. The summed E-state index contributed by atoms with van der Waals surface area (Å²) in [7, 11) is 1.57. The van der Waals surface area contributed by atoms with E-state index >= 15 is 0 Å². The fourth-order valence-electron chi connectivity index (χ4n) is 3.38. The van der Waals surface area contributed by atoms with Crippen molar-refractivity contribution in [1.29, 1.82) is 0 Å². The topological polar surface area (TPSA) is 117 Å². The monoisotopic (exact) mass is 400 g/mol. The molecule has 2 aromatic rings. The molecule has 0 spiro atoms. The summed E-state index contributed by atoms with van der Waals surface area (Å²) in [6.45, 7) is 3.62. The Morgan fingerprint density at radius 3 is 2.59 bits per heavy atom.